The van der Waals surface area contributed by atoms with Crippen molar-refractivity contribution >= 4 is 0 Å². The number of benzene rings is 1. The summed E-state index contributed by atoms with van der Waals surface area (Å²) in [6.07, 6.45) is -0.599. The summed E-state index contributed by atoms with van der Waals surface area (Å²) in [7, 11) is 1.54. The van der Waals surface area contributed by atoms with Gasteiger partial charge in [0.1, 0.15) is 18.5 Å². The Labute approximate surface area is 96.0 Å². The van der Waals surface area contributed by atoms with Gasteiger partial charge in [0.2, 0.25) is 0 Å². The zero-order chi connectivity index (χ0) is 12.0. The van der Waals surface area contributed by atoms with Gasteiger partial charge < -0.3 is 20.3 Å². The van der Waals surface area contributed by atoms with Crippen molar-refractivity contribution in [2.24, 2.45) is 5.73 Å². The van der Waals surface area contributed by atoms with Crippen LogP contribution in [0, 0.1) is 0 Å². The van der Waals surface area contributed by atoms with Crippen LogP contribution in [0.1, 0.15) is 18.5 Å². The largest absolute Gasteiger partial charge is 0.491 e. The Morgan fingerprint density at radius 3 is 2.38 bits per heavy atom. The smallest absolute Gasteiger partial charge is 0.119 e. The van der Waals surface area contributed by atoms with E-state index in [0.29, 0.717) is 0 Å². The molecular formula is C12H19NO3. The molecule has 0 aliphatic heterocycles. The van der Waals surface area contributed by atoms with Gasteiger partial charge in [-0.2, -0.15) is 0 Å². The van der Waals surface area contributed by atoms with Crippen LogP contribution in [0.25, 0.3) is 0 Å². The van der Waals surface area contributed by atoms with Gasteiger partial charge in [0.15, 0.2) is 0 Å². The second-order valence-electron chi connectivity index (χ2n) is 3.78. The molecule has 0 saturated heterocycles. The van der Waals surface area contributed by atoms with Crippen molar-refractivity contribution in [2.45, 2.75) is 19.1 Å². The Kier molecular flexibility index (Phi) is 5.25. The fourth-order valence-electron chi connectivity index (χ4n) is 1.30. The minimum Gasteiger partial charge on any atom is -0.491 e. The maximum absolute atomic E-state index is 9.38. The third-order valence-corrected chi connectivity index (χ3v) is 2.21. The number of ether oxygens (including phenoxy) is 2. The lowest BCUT2D eigenvalue weighted by Crippen LogP contribution is -2.22. The zero-order valence-electron chi connectivity index (χ0n) is 9.72. The van der Waals surface area contributed by atoms with E-state index in [-0.39, 0.29) is 19.3 Å². The molecule has 0 aromatic heterocycles. The number of nitrogens with two attached hydrogens (primary N) is 1. The molecule has 0 aliphatic carbocycles. The first-order chi connectivity index (χ1) is 7.63. The molecule has 1 aromatic rings. The minimum atomic E-state index is -0.599. The summed E-state index contributed by atoms with van der Waals surface area (Å²) in [4.78, 5) is 0. The van der Waals surface area contributed by atoms with Gasteiger partial charge in [0, 0.05) is 13.2 Å². The summed E-state index contributed by atoms with van der Waals surface area (Å²) in [6.45, 7) is 2.43. The van der Waals surface area contributed by atoms with Crippen LogP contribution in [0.2, 0.25) is 0 Å². The summed E-state index contributed by atoms with van der Waals surface area (Å²) in [5.41, 5.74) is 6.79. The Balaban J connectivity index is 2.43. The summed E-state index contributed by atoms with van der Waals surface area (Å²) in [5.74, 6) is 0.722. The molecule has 4 heteroatoms. The van der Waals surface area contributed by atoms with E-state index in [4.69, 9.17) is 15.2 Å². The lowest BCUT2D eigenvalue weighted by atomic mass is 10.1. The van der Waals surface area contributed by atoms with Crippen LogP contribution in [0.15, 0.2) is 24.3 Å². The molecule has 1 aromatic carbocycles. The molecule has 0 heterocycles. The average molecular weight is 225 g/mol. The summed E-state index contributed by atoms with van der Waals surface area (Å²) in [6, 6.07) is 7.55. The van der Waals surface area contributed by atoms with Crippen molar-refractivity contribution in [1.82, 2.24) is 0 Å². The number of hydrogen-bond donors (Lipinski definition) is 2. The van der Waals surface area contributed by atoms with Gasteiger partial charge in [0.05, 0.1) is 6.61 Å². The number of hydrogen-bond acceptors (Lipinski definition) is 4. The number of aliphatic hydroxyl groups excluding tert-OH is 1. The monoisotopic (exact) mass is 225 g/mol. The van der Waals surface area contributed by atoms with Crippen LogP contribution in [0.3, 0.4) is 0 Å². The highest BCUT2D eigenvalue weighted by molar-refractivity contribution is 5.28. The third kappa shape index (κ3) is 4.18. The van der Waals surface area contributed by atoms with Crippen molar-refractivity contribution in [1.29, 1.82) is 0 Å². The van der Waals surface area contributed by atoms with Crippen LogP contribution in [0.4, 0.5) is 0 Å². The predicted octanol–water partition coefficient (Wildman–Crippen LogP) is 1.09. The predicted molar refractivity (Wildman–Crippen MR) is 62.4 cm³/mol. The van der Waals surface area contributed by atoms with Crippen molar-refractivity contribution in [3.63, 3.8) is 0 Å². The molecule has 0 saturated carbocycles. The molecule has 4 nitrogen and oxygen atoms in total. The van der Waals surface area contributed by atoms with Gasteiger partial charge in [-0.3, -0.25) is 0 Å². The summed E-state index contributed by atoms with van der Waals surface area (Å²) >= 11 is 0. The molecule has 90 valence electrons. The zero-order valence-corrected chi connectivity index (χ0v) is 9.72. The van der Waals surface area contributed by atoms with E-state index < -0.39 is 6.10 Å². The van der Waals surface area contributed by atoms with E-state index in [1.807, 2.05) is 31.2 Å². The number of methoxy groups -OCH3 is 1. The van der Waals surface area contributed by atoms with Gasteiger partial charge in [-0.25, -0.2) is 0 Å². The summed E-state index contributed by atoms with van der Waals surface area (Å²) in [5, 5.41) is 9.38. The van der Waals surface area contributed by atoms with Crippen LogP contribution >= 0.6 is 0 Å². The molecular weight excluding hydrogens is 206 g/mol. The highest BCUT2D eigenvalue weighted by atomic mass is 16.5. The molecule has 2 atom stereocenters. The summed E-state index contributed by atoms with van der Waals surface area (Å²) < 4.78 is 10.2. The van der Waals surface area contributed by atoms with Crippen LogP contribution in [0.5, 0.6) is 5.75 Å². The van der Waals surface area contributed by atoms with Gasteiger partial charge in [-0.1, -0.05) is 12.1 Å². The van der Waals surface area contributed by atoms with E-state index in [2.05, 4.69) is 0 Å². The molecule has 3 N–H and O–H groups in total. The maximum Gasteiger partial charge on any atom is 0.119 e. The minimum absolute atomic E-state index is 0.0214. The molecule has 1 unspecified atom stereocenters. The Hall–Kier alpha value is -1.10. The molecule has 0 fully saturated rings. The van der Waals surface area contributed by atoms with E-state index in [0.717, 1.165) is 11.3 Å². The highest BCUT2D eigenvalue weighted by Crippen LogP contribution is 2.16. The molecule has 0 radical (unpaired) electrons. The molecule has 16 heavy (non-hydrogen) atoms. The number of rotatable bonds is 6. The Bertz CT molecular complexity index is 298. The van der Waals surface area contributed by atoms with Crippen molar-refractivity contribution in [2.75, 3.05) is 20.3 Å². The SMILES string of the molecule is COCC(O)COc1ccc([C@H](C)N)cc1. The van der Waals surface area contributed by atoms with Crippen molar-refractivity contribution in [3.8, 4) is 5.75 Å². The lowest BCUT2D eigenvalue weighted by molar-refractivity contribution is 0.0325. The Morgan fingerprint density at radius 1 is 1.25 bits per heavy atom. The average Bonchev–Trinajstić information content (AvgIpc) is 2.27. The Morgan fingerprint density at radius 2 is 1.88 bits per heavy atom. The first-order valence-electron chi connectivity index (χ1n) is 5.29. The second kappa shape index (κ2) is 6.48. The quantitative estimate of drug-likeness (QED) is 0.760. The molecule has 0 bridgehead atoms. The highest BCUT2D eigenvalue weighted by Gasteiger charge is 2.04. The van der Waals surface area contributed by atoms with E-state index >= 15 is 0 Å². The maximum atomic E-state index is 9.38. The molecule has 0 spiro atoms. The van der Waals surface area contributed by atoms with Gasteiger partial charge in [-0.05, 0) is 24.6 Å². The van der Waals surface area contributed by atoms with Crippen LogP contribution < -0.4 is 10.5 Å². The second-order valence-corrected chi connectivity index (χ2v) is 3.78. The fraction of sp³-hybridized carbons (Fsp3) is 0.500. The normalized spacial score (nSPS) is 14.5. The van der Waals surface area contributed by atoms with Gasteiger partial charge in [0.25, 0.3) is 0 Å². The fourth-order valence-corrected chi connectivity index (χ4v) is 1.30. The van der Waals surface area contributed by atoms with E-state index in [1.54, 1.807) is 7.11 Å². The van der Waals surface area contributed by atoms with Crippen molar-refractivity contribution < 1.29 is 14.6 Å². The topological polar surface area (TPSA) is 64.7 Å². The van der Waals surface area contributed by atoms with Crippen LogP contribution in [-0.4, -0.2) is 31.5 Å². The van der Waals surface area contributed by atoms with Gasteiger partial charge in [-0.15, -0.1) is 0 Å². The molecule has 1 rings (SSSR count). The lowest BCUT2D eigenvalue weighted by Gasteiger charge is -2.12. The van der Waals surface area contributed by atoms with Crippen LogP contribution in [-0.2, 0) is 4.74 Å². The van der Waals surface area contributed by atoms with E-state index in [1.165, 1.54) is 0 Å². The van der Waals surface area contributed by atoms with Crippen molar-refractivity contribution in [3.05, 3.63) is 29.8 Å². The number of aliphatic hydroxyl groups is 1. The molecule has 0 amide bonds. The van der Waals surface area contributed by atoms with E-state index in [9.17, 15) is 5.11 Å². The first-order valence-corrected chi connectivity index (χ1v) is 5.29. The third-order valence-electron chi connectivity index (χ3n) is 2.21. The van der Waals surface area contributed by atoms with Gasteiger partial charge >= 0.3 is 0 Å². The first kappa shape index (κ1) is 13.0. The standard InChI is InChI=1S/C12H19NO3/c1-9(13)10-3-5-12(6-4-10)16-8-11(14)7-15-2/h3-6,9,11,14H,7-8,13H2,1-2H3/t9-,11?/m0/s1. The molecule has 0 aliphatic rings.